The Morgan fingerprint density at radius 1 is 1.30 bits per heavy atom. The number of amides is 3. The van der Waals surface area contributed by atoms with Crippen LogP contribution in [0.15, 0.2) is 0 Å². The van der Waals surface area contributed by atoms with Crippen molar-refractivity contribution in [2.24, 2.45) is 11.7 Å². The molecule has 1 aliphatic rings. The Labute approximate surface area is 137 Å². The Balaban J connectivity index is 2.73. The summed E-state index contributed by atoms with van der Waals surface area (Å²) in [7, 11) is 0. The number of nitrogens with two attached hydrogens (primary N) is 1. The van der Waals surface area contributed by atoms with Crippen molar-refractivity contribution in [3.63, 3.8) is 0 Å². The molecule has 130 valence electrons. The van der Waals surface area contributed by atoms with Crippen LogP contribution in [0.4, 0.5) is 0 Å². The molecule has 1 fully saturated rings. The molecule has 1 saturated heterocycles. The molecule has 0 spiro atoms. The number of rotatable bonds is 8. The number of Topliss-reactive ketones (excluding diaryl/α,β-unsaturated/α-hetero) is 1. The van der Waals surface area contributed by atoms with Gasteiger partial charge in [0.15, 0.2) is 0 Å². The van der Waals surface area contributed by atoms with Crippen LogP contribution in [-0.4, -0.2) is 47.0 Å². The fourth-order valence-corrected chi connectivity index (χ4v) is 2.95. The largest absolute Gasteiger partial charge is 0.368 e. The maximum absolute atomic E-state index is 12.4. The van der Waals surface area contributed by atoms with E-state index in [9.17, 15) is 19.2 Å². The number of primary amides is 1. The first-order valence-corrected chi connectivity index (χ1v) is 8.17. The van der Waals surface area contributed by atoms with Gasteiger partial charge in [0.05, 0.1) is 0 Å². The van der Waals surface area contributed by atoms with Crippen molar-refractivity contribution in [1.82, 2.24) is 10.2 Å². The molecule has 1 rings (SSSR count). The summed E-state index contributed by atoms with van der Waals surface area (Å²) in [6.45, 7) is 5.53. The molecule has 0 saturated carbocycles. The molecule has 0 aromatic rings. The monoisotopic (exact) mass is 325 g/mol. The molecule has 1 heterocycles. The van der Waals surface area contributed by atoms with Gasteiger partial charge in [0.2, 0.25) is 17.7 Å². The predicted molar refractivity (Wildman–Crippen MR) is 85.2 cm³/mol. The molecule has 3 amide bonds. The zero-order chi connectivity index (χ0) is 17.6. The highest BCUT2D eigenvalue weighted by molar-refractivity contribution is 5.93. The second-order valence-corrected chi connectivity index (χ2v) is 6.25. The topological polar surface area (TPSA) is 110 Å². The van der Waals surface area contributed by atoms with Crippen LogP contribution in [0.25, 0.3) is 0 Å². The minimum absolute atomic E-state index is 0.0530. The van der Waals surface area contributed by atoms with E-state index >= 15 is 0 Å². The summed E-state index contributed by atoms with van der Waals surface area (Å²) in [6, 6.07) is -1.30. The van der Waals surface area contributed by atoms with Crippen LogP contribution in [0, 0.1) is 5.92 Å². The van der Waals surface area contributed by atoms with Crippen LogP contribution >= 0.6 is 0 Å². The van der Waals surface area contributed by atoms with Gasteiger partial charge >= 0.3 is 0 Å². The van der Waals surface area contributed by atoms with E-state index in [1.54, 1.807) is 6.92 Å². The first-order chi connectivity index (χ1) is 10.8. The SMILES string of the molecule is CCCC(NC(=O)C1CCCN1C(=O)C(C)CC(C)=O)C(N)=O. The highest BCUT2D eigenvalue weighted by Gasteiger charge is 2.37. The number of nitrogens with zero attached hydrogens (tertiary/aromatic N) is 1. The van der Waals surface area contributed by atoms with Crippen molar-refractivity contribution in [2.75, 3.05) is 6.54 Å². The lowest BCUT2D eigenvalue weighted by atomic mass is 10.0. The predicted octanol–water partition coefficient (Wildman–Crippen LogP) is 0.363. The Bertz CT molecular complexity index is 478. The molecule has 1 aliphatic heterocycles. The minimum atomic E-state index is -0.709. The van der Waals surface area contributed by atoms with Gasteiger partial charge in [0.1, 0.15) is 17.9 Å². The van der Waals surface area contributed by atoms with Crippen molar-refractivity contribution in [3.05, 3.63) is 0 Å². The summed E-state index contributed by atoms with van der Waals surface area (Å²) in [6.07, 6.45) is 2.65. The smallest absolute Gasteiger partial charge is 0.243 e. The third kappa shape index (κ3) is 5.33. The van der Waals surface area contributed by atoms with E-state index in [0.29, 0.717) is 19.4 Å². The van der Waals surface area contributed by atoms with Crippen molar-refractivity contribution in [2.45, 2.75) is 65.0 Å². The van der Waals surface area contributed by atoms with Crippen LogP contribution in [-0.2, 0) is 19.2 Å². The van der Waals surface area contributed by atoms with E-state index in [2.05, 4.69) is 5.32 Å². The van der Waals surface area contributed by atoms with Gasteiger partial charge in [-0.15, -0.1) is 0 Å². The van der Waals surface area contributed by atoms with Gasteiger partial charge in [0, 0.05) is 18.9 Å². The first-order valence-electron chi connectivity index (χ1n) is 8.17. The molecule has 23 heavy (non-hydrogen) atoms. The second-order valence-electron chi connectivity index (χ2n) is 6.25. The number of ketones is 1. The van der Waals surface area contributed by atoms with Gasteiger partial charge in [-0.1, -0.05) is 20.3 Å². The third-order valence-corrected chi connectivity index (χ3v) is 4.09. The molecule has 0 radical (unpaired) electrons. The third-order valence-electron chi connectivity index (χ3n) is 4.09. The van der Waals surface area contributed by atoms with E-state index in [-0.39, 0.29) is 24.0 Å². The summed E-state index contributed by atoms with van der Waals surface area (Å²) in [4.78, 5) is 48.9. The van der Waals surface area contributed by atoms with Crippen LogP contribution in [0.1, 0.15) is 52.9 Å². The molecule has 0 aromatic carbocycles. The molecule has 0 bridgehead atoms. The maximum atomic E-state index is 12.4. The standard InChI is InChI=1S/C16H27N3O4/c1-4-6-12(14(17)21)18-15(22)13-7-5-8-19(13)16(23)10(2)9-11(3)20/h10,12-13H,4-9H2,1-3H3,(H2,17,21)(H,18,22). The maximum Gasteiger partial charge on any atom is 0.243 e. The average molecular weight is 325 g/mol. The normalized spacial score (nSPS) is 20.0. The van der Waals surface area contributed by atoms with Crippen LogP contribution in [0.5, 0.6) is 0 Å². The minimum Gasteiger partial charge on any atom is -0.368 e. The van der Waals surface area contributed by atoms with Gasteiger partial charge in [-0.05, 0) is 26.2 Å². The molecule has 7 nitrogen and oxygen atoms in total. The molecular weight excluding hydrogens is 298 g/mol. The van der Waals surface area contributed by atoms with E-state index in [1.807, 2.05) is 6.92 Å². The lowest BCUT2D eigenvalue weighted by Crippen LogP contribution is -2.53. The van der Waals surface area contributed by atoms with Crippen molar-refractivity contribution in [1.29, 1.82) is 0 Å². The highest BCUT2D eigenvalue weighted by Crippen LogP contribution is 2.21. The van der Waals surface area contributed by atoms with Crippen LogP contribution in [0.3, 0.4) is 0 Å². The second kappa shape index (κ2) is 8.64. The molecule has 3 atom stereocenters. The molecule has 3 N–H and O–H groups in total. The quantitative estimate of drug-likeness (QED) is 0.671. The number of likely N-dealkylation sites (tertiary alicyclic amines) is 1. The van der Waals surface area contributed by atoms with Gasteiger partial charge in [-0.3, -0.25) is 14.4 Å². The van der Waals surface area contributed by atoms with Crippen molar-refractivity contribution < 1.29 is 19.2 Å². The molecule has 0 aliphatic carbocycles. The van der Waals surface area contributed by atoms with E-state index < -0.39 is 23.9 Å². The van der Waals surface area contributed by atoms with Gasteiger partial charge in [0.25, 0.3) is 0 Å². The molecule has 0 aromatic heterocycles. The van der Waals surface area contributed by atoms with E-state index in [1.165, 1.54) is 11.8 Å². The fraction of sp³-hybridized carbons (Fsp3) is 0.750. The van der Waals surface area contributed by atoms with Gasteiger partial charge in [-0.2, -0.15) is 0 Å². The Hall–Kier alpha value is -1.92. The van der Waals surface area contributed by atoms with Gasteiger partial charge in [-0.25, -0.2) is 0 Å². The average Bonchev–Trinajstić information content (AvgIpc) is 2.94. The van der Waals surface area contributed by atoms with E-state index in [4.69, 9.17) is 5.73 Å². The Morgan fingerprint density at radius 2 is 1.96 bits per heavy atom. The first kappa shape index (κ1) is 19.1. The molecular formula is C16H27N3O4. The molecule has 3 unspecified atom stereocenters. The number of carbonyl (C=O) groups is 4. The zero-order valence-electron chi connectivity index (χ0n) is 14.1. The zero-order valence-corrected chi connectivity index (χ0v) is 14.1. The summed E-state index contributed by atoms with van der Waals surface area (Å²) in [5.74, 6) is -1.60. The summed E-state index contributed by atoms with van der Waals surface area (Å²) >= 11 is 0. The lowest BCUT2D eigenvalue weighted by molar-refractivity contribution is -0.142. The number of carbonyl (C=O) groups excluding carboxylic acids is 4. The fourth-order valence-electron chi connectivity index (χ4n) is 2.95. The van der Waals surface area contributed by atoms with Gasteiger partial charge < -0.3 is 20.7 Å². The summed E-state index contributed by atoms with van der Waals surface area (Å²) in [5, 5.41) is 2.65. The van der Waals surface area contributed by atoms with Crippen LogP contribution < -0.4 is 11.1 Å². The Morgan fingerprint density at radius 3 is 2.48 bits per heavy atom. The summed E-state index contributed by atoms with van der Waals surface area (Å²) < 4.78 is 0. The lowest BCUT2D eigenvalue weighted by Gasteiger charge is -2.27. The van der Waals surface area contributed by atoms with Crippen molar-refractivity contribution >= 4 is 23.5 Å². The highest BCUT2D eigenvalue weighted by atomic mass is 16.2. The number of hydrogen-bond donors (Lipinski definition) is 2. The number of hydrogen-bond acceptors (Lipinski definition) is 4. The molecule has 7 heteroatoms. The Kier molecular flexibility index (Phi) is 7.19. The summed E-state index contributed by atoms with van der Waals surface area (Å²) in [5.41, 5.74) is 5.30. The van der Waals surface area contributed by atoms with Crippen LogP contribution in [0.2, 0.25) is 0 Å². The van der Waals surface area contributed by atoms with E-state index in [0.717, 1.165) is 12.8 Å². The number of nitrogens with one attached hydrogen (secondary N) is 1. The van der Waals surface area contributed by atoms with Crippen molar-refractivity contribution in [3.8, 4) is 0 Å².